The van der Waals surface area contributed by atoms with E-state index in [2.05, 4.69) is 5.32 Å². The zero-order valence-corrected chi connectivity index (χ0v) is 9.19. The van der Waals surface area contributed by atoms with Gasteiger partial charge in [-0.15, -0.1) is 0 Å². The second-order valence-electron chi connectivity index (χ2n) is 4.36. The van der Waals surface area contributed by atoms with E-state index < -0.39 is 11.6 Å². The van der Waals surface area contributed by atoms with Gasteiger partial charge in [0.25, 0.3) is 0 Å². The molecule has 1 saturated heterocycles. The zero-order valence-electron chi connectivity index (χ0n) is 9.19. The molecule has 5 nitrogen and oxygen atoms in total. The molecule has 3 N–H and O–H groups in total. The molecule has 0 aromatic heterocycles. The van der Waals surface area contributed by atoms with Crippen molar-refractivity contribution in [2.24, 2.45) is 0 Å². The minimum absolute atomic E-state index is 0.0692. The standard InChI is InChI=1S/C10H19NO4/c1-7-5-8(3-4-15-7)11-6-10(2,14)9(12)13/h7-8,11,14H,3-6H2,1-2H3,(H,12,13). The zero-order chi connectivity index (χ0) is 11.5. The van der Waals surface area contributed by atoms with E-state index in [-0.39, 0.29) is 18.7 Å². The first-order chi connectivity index (χ1) is 6.92. The first-order valence-corrected chi connectivity index (χ1v) is 5.22. The van der Waals surface area contributed by atoms with E-state index in [0.717, 1.165) is 12.8 Å². The van der Waals surface area contributed by atoms with E-state index in [0.29, 0.717) is 6.61 Å². The molecule has 88 valence electrons. The maximum atomic E-state index is 10.6. The van der Waals surface area contributed by atoms with Crippen molar-refractivity contribution in [3.05, 3.63) is 0 Å². The molecule has 5 heteroatoms. The molecule has 0 aromatic rings. The molecule has 0 amide bonds. The lowest BCUT2D eigenvalue weighted by atomic mass is 10.0. The van der Waals surface area contributed by atoms with Crippen LogP contribution in [0, 0.1) is 0 Å². The quantitative estimate of drug-likeness (QED) is 0.616. The van der Waals surface area contributed by atoms with Crippen LogP contribution in [-0.4, -0.2) is 47.1 Å². The third-order valence-corrected chi connectivity index (χ3v) is 2.68. The number of hydrogen-bond acceptors (Lipinski definition) is 4. The number of carboxylic acid groups (broad SMARTS) is 1. The summed E-state index contributed by atoms with van der Waals surface area (Å²) in [6.07, 6.45) is 1.92. The first kappa shape index (κ1) is 12.4. The molecular formula is C10H19NO4. The van der Waals surface area contributed by atoms with Gasteiger partial charge in [-0.2, -0.15) is 0 Å². The van der Waals surface area contributed by atoms with E-state index in [1.54, 1.807) is 0 Å². The molecule has 3 unspecified atom stereocenters. The Kier molecular flexibility index (Phi) is 4.07. The first-order valence-electron chi connectivity index (χ1n) is 5.22. The second-order valence-corrected chi connectivity index (χ2v) is 4.36. The monoisotopic (exact) mass is 217 g/mol. The summed E-state index contributed by atoms with van der Waals surface area (Å²) in [5.41, 5.74) is -1.69. The van der Waals surface area contributed by atoms with Gasteiger partial charge in [-0.05, 0) is 26.7 Å². The molecule has 1 aliphatic heterocycles. The molecule has 0 spiro atoms. The van der Waals surface area contributed by atoms with Crippen LogP contribution >= 0.6 is 0 Å². The largest absolute Gasteiger partial charge is 0.479 e. The van der Waals surface area contributed by atoms with Crippen molar-refractivity contribution in [1.29, 1.82) is 0 Å². The Hall–Kier alpha value is -0.650. The van der Waals surface area contributed by atoms with E-state index >= 15 is 0 Å². The SMILES string of the molecule is CC1CC(NCC(C)(O)C(=O)O)CCO1. The second kappa shape index (κ2) is 4.92. The molecule has 1 heterocycles. The summed E-state index contributed by atoms with van der Waals surface area (Å²) in [7, 11) is 0. The van der Waals surface area contributed by atoms with Crippen LogP contribution in [0.5, 0.6) is 0 Å². The highest BCUT2D eigenvalue weighted by Crippen LogP contribution is 2.14. The van der Waals surface area contributed by atoms with Crippen LogP contribution in [0.2, 0.25) is 0 Å². The van der Waals surface area contributed by atoms with Crippen LogP contribution in [0.15, 0.2) is 0 Å². The van der Waals surface area contributed by atoms with Gasteiger partial charge in [-0.1, -0.05) is 0 Å². The van der Waals surface area contributed by atoms with Crippen molar-refractivity contribution in [3.63, 3.8) is 0 Å². The molecular weight excluding hydrogens is 198 g/mol. The predicted molar refractivity (Wildman–Crippen MR) is 54.7 cm³/mol. The summed E-state index contributed by atoms with van der Waals surface area (Å²) in [5.74, 6) is -1.20. The van der Waals surface area contributed by atoms with Crippen LogP contribution in [0.1, 0.15) is 26.7 Å². The Morgan fingerprint density at radius 2 is 2.33 bits per heavy atom. The summed E-state index contributed by atoms with van der Waals surface area (Å²) in [5, 5.41) is 21.3. The Morgan fingerprint density at radius 1 is 1.67 bits per heavy atom. The van der Waals surface area contributed by atoms with Crippen LogP contribution in [0.3, 0.4) is 0 Å². The van der Waals surface area contributed by atoms with Gasteiger partial charge < -0.3 is 20.3 Å². The van der Waals surface area contributed by atoms with Crippen LogP contribution in [0.4, 0.5) is 0 Å². The fraction of sp³-hybridized carbons (Fsp3) is 0.900. The lowest BCUT2D eigenvalue weighted by Gasteiger charge is -2.30. The summed E-state index contributed by atoms with van der Waals surface area (Å²) in [6, 6.07) is 0.236. The van der Waals surface area contributed by atoms with Crippen LogP contribution in [-0.2, 0) is 9.53 Å². The summed E-state index contributed by atoms with van der Waals surface area (Å²) in [4.78, 5) is 10.6. The Labute approximate surface area is 89.4 Å². The highest BCUT2D eigenvalue weighted by Gasteiger charge is 2.31. The minimum atomic E-state index is -1.69. The fourth-order valence-corrected chi connectivity index (χ4v) is 1.60. The Morgan fingerprint density at radius 3 is 2.87 bits per heavy atom. The van der Waals surface area contributed by atoms with Gasteiger partial charge in [-0.3, -0.25) is 0 Å². The van der Waals surface area contributed by atoms with Crippen molar-refractivity contribution in [1.82, 2.24) is 5.32 Å². The van der Waals surface area contributed by atoms with Crippen molar-refractivity contribution in [2.75, 3.05) is 13.2 Å². The van der Waals surface area contributed by atoms with E-state index in [1.807, 2.05) is 6.92 Å². The lowest BCUT2D eigenvalue weighted by Crippen LogP contribution is -2.49. The van der Waals surface area contributed by atoms with Crippen LogP contribution < -0.4 is 5.32 Å². The molecule has 3 atom stereocenters. The van der Waals surface area contributed by atoms with Gasteiger partial charge in [0, 0.05) is 19.2 Å². The molecule has 0 aliphatic carbocycles. The Balaban J connectivity index is 2.33. The summed E-state index contributed by atoms with van der Waals surface area (Å²) < 4.78 is 5.37. The summed E-state index contributed by atoms with van der Waals surface area (Å²) in [6.45, 7) is 4.04. The number of ether oxygens (including phenoxy) is 1. The van der Waals surface area contributed by atoms with Gasteiger partial charge in [0.05, 0.1) is 6.10 Å². The van der Waals surface area contributed by atoms with E-state index in [1.165, 1.54) is 6.92 Å². The van der Waals surface area contributed by atoms with Gasteiger partial charge in [-0.25, -0.2) is 4.79 Å². The molecule has 0 bridgehead atoms. The number of hydrogen-bond donors (Lipinski definition) is 3. The smallest absolute Gasteiger partial charge is 0.336 e. The van der Waals surface area contributed by atoms with Crippen LogP contribution in [0.25, 0.3) is 0 Å². The highest BCUT2D eigenvalue weighted by atomic mass is 16.5. The van der Waals surface area contributed by atoms with Gasteiger partial charge in [0.2, 0.25) is 0 Å². The number of nitrogens with one attached hydrogen (secondary N) is 1. The van der Waals surface area contributed by atoms with Crippen molar-refractivity contribution in [2.45, 2.75) is 44.4 Å². The van der Waals surface area contributed by atoms with Gasteiger partial charge in [0.15, 0.2) is 5.60 Å². The number of carboxylic acids is 1. The molecule has 1 fully saturated rings. The van der Waals surface area contributed by atoms with E-state index in [9.17, 15) is 9.90 Å². The minimum Gasteiger partial charge on any atom is -0.479 e. The number of aliphatic carboxylic acids is 1. The molecule has 0 radical (unpaired) electrons. The van der Waals surface area contributed by atoms with Crippen molar-refractivity contribution >= 4 is 5.97 Å². The molecule has 0 saturated carbocycles. The number of carbonyl (C=O) groups is 1. The molecule has 1 rings (SSSR count). The third kappa shape index (κ3) is 3.77. The summed E-state index contributed by atoms with van der Waals surface area (Å²) >= 11 is 0. The van der Waals surface area contributed by atoms with Crippen molar-refractivity contribution < 1.29 is 19.7 Å². The van der Waals surface area contributed by atoms with Crippen molar-refractivity contribution in [3.8, 4) is 0 Å². The molecule has 1 aliphatic rings. The third-order valence-electron chi connectivity index (χ3n) is 2.68. The lowest BCUT2D eigenvalue weighted by molar-refractivity contribution is -0.156. The molecule has 0 aromatic carbocycles. The fourth-order valence-electron chi connectivity index (χ4n) is 1.60. The number of aliphatic hydroxyl groups is 1. The topological polar surface area (TPSA) is 78.8 Å². The highest BCUT2D eigenvalue weighted by molar-refractivity contribution is 5.76. The maximum absolute atomic E-state index is 10.6. The Bertz CT molecular complexity index is 229. The average molecular weight is 217 g/mol. The van der Waals surface area contributed by atoms with Gasteiger partial charge >= 0.3 is 5.97 Å². The van der Waals surface area contributed by atoms with E-state index in [4.69, 9.17) is 9.84 Å². The normalized spacial score (nSPS) is 30.9. The maximum Gasteiger partial charge on any atom is 0.336 e. The molecule has 15 heavy (non-hydrogen) atoms. The predicted octanol–water partition coefficient (Wildman–Crippen LogP) is -0.0209. The number of rotatable bonds is 4. The average Bonchev–Trinajstić information content (AvgIpc) is 2.15. The van der Waals surface area contributed by atoms with Gasteiger partial charge in [0.1, 0.15) is 0 Å².